The zero-order chi connectivity index (χ0) is 14.8. The van der Waals surface area contributed by atoms with Gasteiger partial charge in [-0.2, -0.15) is 0 Å². The van der Waals surface area contributed by atoms with Crippen LogP contribution >= 0.6 is 12.4 Å². The quantitative estimate of drug-likeness (QED) is 0.705. The van der Waals surface area contributed by atoms with Gasteiger partial charge in [-0.15, -0.1) is 12.4 Å². The summed E-state index contributed by atoms with van der Waals surface area (Å²) < 4.78 is 26.6. The molecule has 4 N–H and O–H groups in total. The molecule has 6 nitrogen and oxygen atoms in total. The first-order valence-electron chi connectivity index (χ1n) is 6.51. The summed E-state index contributed by atoms with van der Waals surface area (Å²) in [4.78, 5) is 11.5. The molecule has 0 bridgehead atoms. The molecule has 0 aliphatic heterocycles. The largest absolute Gasteiger partial charge is 0.355 e. The molecule has 1 amide bonds. The number of carbonyl (C=O) groups excluding carboxylic acids is 1. The molecule has 1 aromatic rings. The van der Waals surface area contributed by atoms with Crippen LogP contribution in [0, 0.1) is 5.92 Å². The molecule has 1 fully saturated rings. The highest BCUT2D eigenvalue weighted by Crippen LogP contribution is 2.31. The van der Waals surface area contributed by atoms with E-state index < -0.39 is 10.0 Å². The van der Waals surface area contributed by atoms with Crippen LogP contribution < -0.4 is 15.8 Å². The number of hydrogen-bond acceptors (Lipinski definition) is 4. The van der Waals surface area contributed by atoms with Crippen LogP contribution in [0.1, 0.15) is 23.2 Å². The third kappa shape index (κ3) is 4.67. The van der Waals surface area contributed by atoms with Crippen LogP contribution in [-0.4, -0.2) is 34.0 Å². The van der Waals surface area contributed by atoms with Crippen molar-refractivity contribution in [1.29, 1.82) is 0 Å². The molecule has 0 aromatic heterocycles. The predicted molar refractivity (Wildman–Crippen MR) is 83.0 cm³/mol. The van der Waals surface area contributed by atoms with E-state index in [0.717, 1.165) is 12.8 Å². The first-order valence-corrected chi connectivity index (χ1v) is 8.00. The van der Waals surface area contributed by atoms with Gasteiger partial charge in [0, 0.05) is 25.2 Å². The van der Waals surface area contributed by atoms with Crippen molar-refractivity contribution in [3.8, 4) is 0 Å². The van der Waals surface area contributed by atoms with Crippen LogP contribution in [0.5, 0.6) is 0 Å². The lowest BCUT2D eigenvalue weighted by molar-refractivity contribution is 0.0963. The Morgan fingerprint density at radius 3 is 2.38 bits per heavy atom. The van der Waals surface area contributed by atoms with Crippen molar-refractivity contribution >= 4 is 28.3 Å². The minimum absolute atomic E-state index is 0. The maximum absolute atomic E-state index is 12.1. The van der Waals surface area contributed by atoms with E-state index in [9.17, 15) is 13.2 Å². The van der Waals surface area contributed by atoms with E-state index in [1.54, 1.807) is 0 Å². The highest BCUT2D eigenvalue weighted by Gasteiger charge is 2.29. The summed E-state index contributed by atoms with van der Waals surface area (Å²) in [6.45, 7) is 0.240. The van der Waals surface area contributed by atoms with Crippen molar-refractivity contribution in [2.24, 2.45) is 11.7 Å². The molecule has 1 saturated carbocycles. The Balaban J connectivity index is 0.00000220. The lowest BCUT2D eigenvalue weighted by atomic mass is 10.2. The number of carbonyl (C=O) groups is 1. The number of nitrogens with one attached hydrogen (secondary N) is 2. The molecular formula is C13H20ClN3O3S. The molecule has 0 radical (unpaired) electrons. The summed E-state index contributed by atoms with van der Waals surface area (Å²) >= 11 is 0. The maximum atomic E-state index is 12.1. The molecule has 2 rings (SSSR count). The van der Waals surface area contributed by atoms with Gasteiger partial charge in [0.2, 0.25) is 10.0 Å². The van der Waals surface area contributed by atoms with E-state index in [-0.39, 0.29) is 35.8 Å². The number of sulfonamides is 1. The molecule has 1 atom stereocenters. The number of halogens is 1. The van der Waals surface area contributed by atoms with Gasteiger partial charge in [0.15, 0.2) is 0 Å². The van der Waals surface area contributed by atoms with Gasteiger partial charge in [-0.05, 0) is 43.0 Å². The van der Waals surface area contributed by atoms with Crippen molar-refractivity contribution in [1.82, 2.24) is 10.0 Å². The first-order chi connectivity index (χ1) is 9.44. The Kier molecular flexibility index (Phi) is 6.15. The fourth-order valence-corrected chi connectivity index (χ4v) is 2.98. The van der Waals surface area contributed by atoms with Gasteiger partial charge in [0.05, 0.1) is 4.90 Å². The van der Waals surface area contributed by atoms with Crippen LogP contribution in [0.2, 0.25) is 0 Å². The summed E-state index contributed by atoms with van der Waals surface area (Å²) in [6, 6.07) is 5.66. The number of rotatable bonds is 6. The average molecular weight is 334 g/mol. The number of nitrogens with two attached hydrogens (primary N) is 1. The summed E-state index contributed by atoms with van der Waals surface area (Å²) in [5.74, 6) is 0.186. The van der Waals surface area contributed by atoms with Crippen molar-refractivity contribution in [3.63, 3.8) is 0 Å². The van der Waals surface area contributed by atoms with Crippen LogP contribution in [-0.2, 0) is 10.0 Å². The normalized spacial score (nSPS) is 15.9. The van der Waals surface area contributed by atoms with Gasteiger partial charge >= 0.3 is 0 Å². The van der Waals surface area contributed by atoms with Crippen LogP contribution in [0.25, 0.3) is 0 Å². The topological polar surface area (TPSA) is 101 Å². The van der Waals surface area contributed by atoms with Crippen molar-refractivity contribution in [2.75, 3.05) is 13.6 Å². The molecular weight excluding hydrogens is 314 g/mol. The average Bonchev–Trinajstić information content (AvgIpc) is 3.28. The highest BCUT2D eigenvalue weighted by atomic mass is 35.5. The highest BCUT2D eigenvalue weighted by molar-refractivity contribution is 7.89. The second-order valence-electron chi connectivity index (χ2n) is 4.96. The van der Waals surface area contributed by atoms with Crippen LogP contribution in [0.4, 0.5) is 0 Å². The first kappa shape index (κ1) is 17.9. The molecule has 0 heterocycles. The van der Waals surface area contributed by atoms with Gasteiger partial charge in [-0.25, -0.2) is 13.1 Å². The van der Waals surface area contributed by atoms with Crippen LogP contribution in [0.3, 0.4) is 0 Å². The summed E-state index contributed by atoms with van der Waals surface area (Å²) in [6.07, 6.45) is 2.15. The fraction of sp³-hybridized carbons (Fsp3) is 0.462. The van der Waals surface area contributed by atoms with E-state index >= 15 is 0 Å². The van der Waals surface area contributed by atoms with E-state index in [2.05, 4.69) is 10.0 Å². The van der Waals surface area contributed by atoms with E-state index in [0.29, 0.717) is 11.5 Å². The number of amides is 1. The van der Waals surface area contributed by atoms with E-state index in [1.165, 1.54) is 31.3 Å². The Hall–Kier alpha value is -1.15. The Labute approximate surface area is 130 Å². The van der Waals surface area contributed by atoms with E-state index in [1.807, 2.05) is 0 Å². The molecule has 1 unspecified atom stereocenters. The van der Waals surface area contributed by atoms with Crippen molar-refractivity contribution in [2.45, 2.75) is 23.8 Å². The molecule has 1 aromatic carbocycles. The Bertz CT molecular complexity index is 585. The van der Waals surface area contributed by atoms with Gasteiger partial charge in [0.1, 0.15) is 0 Å². The van der Waals surface area contributed by atoms with Gasteiger partial charge in [0.25, 0.3) is 5.91 Å². The second-order valence-corrected chi connectivity index (χ2v) is 6.72. The SMILES string of the molecule is CNC(=O)c1ccc(S(=O)(=O)NCC(N)C2CC2)cc1.Cl. The monoisotopic (exact) mass is 333 g/mol. The molecule has 21 heavy (non-hydrogen) atoms. The predicted octanol–water partition coefficient (Wildman–Crippen LogP) is 0.484. The maximum Gasteiger partial charge on any atom is 0.251 e. The smallest absolute Gasteiger partial charge is 0.251 e. The second kappa shape index (κ2) is 7.22. The third-order valence-corrected chi connectivity index (χ3v) is 4.83. The lowest BCUT2D eigenvalue weighted by Gasteiger charge is -2.12. The molecule has 0 spiro atoms. The fourth-order valence-electron chi connectivity index (χ4n) is 1.91. The minimum Gasteiger partial charge on any atom is -0.355 e. The van der Waals surface area contributed by atoms with Crippen molar-refractivity contribution in [3.05, 3.63) is 29.8 Å². The minimum atomic E-state index is -3.57. The summed E-state index contributed by atoms with van der Waals surface area (Å²) in [5, 5.41) is 2.48. The standard InChI is InChI=1S/C13H19N3O3S.ClH/c1-15-13(17)10-4-6-11(7-5-10)20(18,19)16-8-12(14)9-2-3-9;/h4-7,9,12,16H,2-3,8,14H2,1H3,(H,15,17);1H. The van der Waals surface area contributed by atoms with Gasteiger partial charge < -0.3 is 11.1 Å². The summed E-state index contributed by atoms with van der Waals surface area (Å²) in [5.41, 5.74) is 6.28. The summed E-state index contributed by atoms with van der Waals surface area (Å²) in [7, 11) is -2.05. The zero-order valence-electron chi connectivity index (χ0n) is 11.7. The third-order valence-electron chi connectivity index (χ3n) is 3.39. The molecule has 1 aliphatic rings. The van der Waals surface area contributed by atoms with Gasteiger partial charge in [-0.3, -0.25) is 4.79 Å². The van der Waals surface area contributed by atoms with Crippen LogP contribution in [0.15, 0.2) is 29.2 Å². The van der Waals surface area contributed by atoms with Gasteiger partial charge in [-0.1, -0.05) is 0 Å². The number of benzene rings is 1. The molecule has 1 aliphatic carbocycles. The molecule has 8 heteroatoms. The Morgan fingerprint density at radius 1 is 1.33 bits per heavy atom. The zero-order valence-corrected chi connectivity index (χ0v) is 13.3. The molecule has 118 valence electrons. The Morgan fingerprint density at radius 2 is 1.90 bits per heavy atom. The lowest BCUT2D eigenvalue weighted by Crippen LogP contribution is -2.38. The van der Waals surface area contributed by atoms with Crippen molar-refractivity contribution < 1.29 is 13.2 Å². The van der Waals surface area contributed by atoms with E-state index in [4.69, 9.17) is 5.73 Å². The number of hydrogen-bond donors (Lipinski definition) is 3. The molecule has 0 saturated heterocycles.